The summed E-state index contributed by atoms with van der Waals surface area (Å²) in [4.78, 5) is 10.8. The molecule has 0 saturated carbocycles. The molecule has 0 bridgehead atoms. The summed E-state index contributed by atoms with van der Waals surface area (Å²) in [5.74, 6) is 0.0144. The first-order valence-electron chi connectivity index (χ1n) is 5.18. The average Bonchev–Trinajstić information content (AvgIpc) is 1.99. The van der Waals surface area contributed by atoms with Gasteiger partial charge in [0.05, 0.1) is 0 Å². The normalized spacial score (nSPS) is 15.1. The number of carbonyl (C=O) groups is 1. The molecule has 0 spiro atoms. The molecule has 0 aliphatic rings. The summed E-state index contributed by atoms with van der Waals surface area (Å²) in [5.41, 5.74) is 5.91. The standard InChI is InChI=1S/C11H23NO2S/c1-10(2,3)6-7-15-11(4,5)8(12)9(13)14/h8H,6-7,12H2,1-5H3,(H,13,14)/t8-/m1/s1. The van der Waals surface area contributed by atoms with Gasteiger partial charge in [0.25, 0.3) is 0 Å². The van der Waals surface area contributed by atoms with Crippen molar-refractivity contribution in [2.75, 3.05) is 5.75 Å². The van der Waals surface area contributed by atoms with Crippen LogP contribution in [0.5, 0.6) is 0 Å². The molecule has 0 fully saturated rings. The number of thioether (sulfide) groups is 1. The van der Waals surface area contributed by atoms with E-state index in [-0.39, 0.29) is 5.41 Å². The summed E-state index contributed by atoms with van der Waals surface area (Å²) in [6, 6.07) is -0.803. The second-order valence-corrected chi connectivity index (χ2v) is 7.33. The number of rotatable bonds is 5. The zero-order valence-corrected chi connectivity index (χ0v) is 11.1. The number of carboxylic acid groups (broad SMARTS) is 1. The van der Waals surface area contributed by atoms with Crippen LogP contribution in [0.3, 0.4) is 0 Å². The molecule has 0 saturated heterocycles. The van der Waals surface area contributed by atoms with Crippen LogP contribution in [-0.4, -0.2) is 27.6 Å². The molecule has 0 amide bonds. The van der Waals surface area contributed by atoms with Gasteiger partial charge in [-0.2, -0.15) is 11.8 Å². The van der Waals surface area contributed by atoms with Crippen molar-refractivity contribution in [3.63, 3.8) is 0 Å². The van der Waals surface area contributed by atoms with Crippen molar-refractivity contribution in [3.05, 3.63) is 0 Å². The van der Waals surface area contributed by atoms with E-state index in [1.54, 1.807) is 11.8 Å². The lowest BCUT2D eigenvalue weighted by Gasteiger charge is -2.29. The Hall–Kier alpha value is -0.220. The van der Waals surface area contributed by atoms with E-state index in [0.717, 1.165) is 12.2 Å². The third-order valence-corrected chi connectivity index (χ3v) is 3.75. The van der Waals surface area contributed by atoms with Gasteiger partial charge in [0, 0.05) is 4.75 Å². The molecule has 0 aromatic rings. The van der Waals surface area contributed by atoms with Crippen LogP contribution in [0.1, 0.15) is 41.0 Å². The van der Waals surface area contributed by atoms with Crippen molar-refractivity contribution in [3.8, 4) is 0 Å². The van der Waals surface area contributed by atoms with Gasteiger partial charge < -0.3 is 10.8 Å². The van der Waals surface area contributed by atoms with Crippen LogP contribution in [0, 0.1) is 5.41 Å². The van der Waals surface area contributed by atoms with Gasteiger partial charge in [0.15, 0.2) is 0 Å². The van der Waals surface area contributed by atoms with E-state index >= 15 is 0 Å². The Bertz CT molecular complexity index is 221. The van der Waals surface area contributed by atoms with Crippen molar-refractivity contribution >= 4 is 17.7 Å². The maximum Gasteiger partial charge on any atom is 0.321 e. The van der Waals surface area contributed by atoms with Gasteiger partial charge >= 0.3 is 5.97 Å². The highest BCUT2D eigenvalue weighted by atomic mass is 32.2. The third-order valence-electron chi connectivity index (χ3n) is 2.34. The molecule has 0 unspecified atom stereocenters. The Morgan fingerprint density at radius 3 is 2.13 bits per heavy atom. The molecule has 0 radical (unpaired) electrons. The van der Waals surface area contributed by atoms with E-state index in [1.807, 2.05) is 13.8 Å². The summed E-state index contributed by atoms with van der Waals surface area (Å²) < 4.78 is -0.406. The predicted molar refractivity (Wildman–Crippen MR) is 66.2 cm³/mol. The van der Waals surface area contributed by atoms with E-state index in [9.17, 15) is 4.79 Å². The largest absolute Gasteiger partial charge is 0.480 e. The molecule has 15 heavy (non-hydrogen) atoms. The first-order valence-corrected chi connectivity index (χ1v) is 6.17. The van der Waals surface area contributed by atoms with Crippen molar-refractivity contribution < 1.29 is 9.90 Å². The minimum absolute atomic E-state index is 0.288. The third kappa shape index (κ3) is 6.05. The molecular formula is C11H23NO2S. The lowest BCUT2D eigenvalue weighted by atomic mass is 9.94. The molecule has 0 heterocycles. The minimum Gasteiger partial charge on any atom is -0.480 e. The lowest BCUT2D eigenvalue weighted by molar-refractivity contribution is -0.139. The number of carboxylic acids is 1. The Morgan fingerprint density at radius 2 is 1.80 bits per heavy atom. The van der Waals surface area contributed by atoms with Gasteiger partial charge in [-0.3, -0.25) is 4.79 Å². The van der Waals surface area contributed by atoms with Gasteiger partial charge in [-0.1, -0.05) is 20.8 Å². The maximum atomic E-state index is 10.8. The van der Waals surface area contributed by atoms with E-state index in [1.165, 1.54) is 0 Å². The molecule has 0 aromatic heterocycles. The molecule has 0 aliphatic carbocycles. The van der Waals surface area contributed by atoms with E-state index < -0.39 is 16.8 Å². The van der Waals surface area contributed by atoms with Gasteiger partial charge in [-0.15, -0.1) is 0 Å². The molecule has 0 aromatic carbocycles. The summed E-state index contributed by atoms with van der Waals surface area (Å²) in [6.07, 6.45) is 1.06. The number of hydrogen-bond acceptors (Lipinski definition) is 3. The average molecular weight is 233 g/mol. The Morgan fingerprint density at radius 1 is 1.33 bits per heavy atom. The highest BCUT2D eigenvalue weighted by Crippen LogP contribution is 2.31. The minimum atomic E-state index is -0.928. The van der Waals surface area contributed by atoms with Crippen molar-refractivity contribution in [1.29, 1.82) is 0 Å². The topological polar surface area (TPSA) is 63.3 Å². The first kappa shape index (κ1) is 14.8. The van der Waals surface area contributed by atoms with Crippen molar-refractivity contribution in [2.45, 2.75) is 51.8 Å². The van der Waals surface area contributed by atoms with E-state index in [4.69, 9.17) is 10.8 Å². The Kier molecular flexibility index (Phi) is 5.14. The number of aliphatic carboxylic acids is 1. The zero-order valence-electron chi connectivity index (χ0n) is 10.3. The number of hydrogen-bond donors (Lipinski definition) is 2. The molecule has 3 N–H and O–H groups in total. The monoisotopic (exact) mass is 233 g/mol. The van der Waals surface area contributed by atoms with Crippen LogP contribution >= 0.6 is 11.8 Å². The second-order valence-electron chi connectivity index (χ2n) is 5.58. The molecule has 90 valence electrons. The van der Waals surface area contributed by atoms with Gasteiger partial charge in [0.2, 0.25) is 0 Å². The quantitative estimate of drug-likeness (QED) is 0.765. The predicted octanol–water partition coefficient (Wildman–Crippen LogP) is 2.35. The SMILES string of the molecule is CC(C)(C)CCSC(C)(C)[C@H](N)C(=O)O. The molecule has 3 nitrogen and oxygen atoms in total. The fraction of sp³-hybridized carbons (Fsp3) is 0.909. The molecule has 1 atom stereocenters. The zero-order chi connectivity index (χ0) is 12.3. The number of nitrogens with two attached hydrogens (primary N) is 1. The van der Waals surface area contributed by atoms with Crippen LogP contribution in [0.2, 0.25) is 0 Å². The summed E-state index contributed by atoms with van der Waals surface area (Å²) >= 11 is 1.64. The Labute approximate surface area is 96.8 Å². The fourth-order valence-electron chi connectivity index (χ4n) is 1.01. The molecule has 4 heteroatoms. The molecule has 0 aliphatic heterocycles. The Balaban J connectivity index is 4.10. The summed E-state index contributed by atoms with van der Waals surface area (Å²) in [7, 11) is 0. The fourth-order valence-corrected chi connectivity index (χ4v) is 2.53. The smallest absolute Gasteiger partial charge is 0.321 e. The van der Waals surface area contributed by atoms with Crippen LogP contribution in [0.15, 0.2) is 0 Å². The molecule has 0 rings (SSSR count). The summed E-state index contributed by atoms with van der Waals surface area (Å²) in [5, 5.41) is 8.84. The van der Waals surface area contributed by atoms with E-state index in [0.29, 0.717) is 0 Å². The van der Waals surface area contributed by atoms with Gasteiger partial charge in [0.1, 0.15) is 6.04 Å². The van der Waals surface area contributed by atoms with Crippen LogP contribution < -0.4 is 5.73 Å². The highest BCUT2D eigenvalue weighted by Gasteiger charge is 2.32. The van der Waals surface area contributed by atoms with Crippen LogP contribution in [0.25, 0.3) is 0 Å². The van der Waals surface area contributed by atoms with Crippen LogP contribution in [-0.2, 0) is 4.79 Å². The maximum absolute atomic E-state index is 10.8. The first-order chi connectivity index (χ1) is 6.56. The van der Waals surface area contributed by atoms with Gasteiger partial charge in [-0.25, -0.2) is 0 Å². The van der Waals surface area contributed by atoms with Gasteiger partial charge in [-0.05, 0) is 31.4 Å². The highest BCUT2D eigenvalue weighted by molar-refractivity contribution is 8.00. The van der Waals surface area contributed by atoms with Crippen LogP contribution in [0.4, 0.5) is 0 Å². The lowest BCUT2D eigenvalue weighted by Crippen LogP contribution is -2.46. The van der Waals surface area contributed by atoms with E-state index in [2.05, 4.69) is 20.8 Å². The van der Waals surface area contributed by atoms with Crippen molar-refractivity contribution in [1.82, 2.24) is 0 Å². The molecular weight excluding hydrogens is 210 g/mol. The second kappa shape index (κ2) is 5.21. The summed E-state index contributed by atoms with van der Waals surface area (Å²) in [6.45, 7) is 10.3. The van der Waals surface area contributed by atoms with Crippen molar-refractivity contribution in [2.24, 2.45) is 11.1 Å².